The number of rotatable bonds is 6. The number of carbonyl (C=O) groups excluding carboxylic acids is 2. The van der Waals surface area contributed by atoms with Gasteiger partial charge in [-0.15, -0.1) is 0 Å². The van der Waals surface area contributed by atoms with Crippen LogP contribution >= 0.6 is 0 Å². The Balaban J connectivity index is 1.87. The second kappa shape index (κ2) is 9.17. The predicted molar refractivity (Wildman–Crippen MR) is 127 cm³/mol. The van der Waals surface area contributed by atoms with Crippen LogP contribution in [0.25, 0.3) is 10.8 Å². The molecule has 4 rings (SSSR count). The van der Waals surface area contributed by atoms with Crippen LogP contribution in [0.15, 0.2) is 90.7 Å². The highest BCUT2D eigenvalue weighted by atomic mass is 16.5. The predicted octanol–water partition coefficient (Wildman–Crippen LogP) is 5.86. The number of hydrogen-bond donors (Lipinski definition) is 0. The largest absolute Gasteiger partial charge is 0.462 e. The number of ether oxygens (including phenoxy) is 3. The Morgan fingerprint density at radius 1 is 0.758 bits per heavy atom. The van der Waals surface area contributed by atoms with Crippen molar-refractivity contribution in [3.05, 3.63) is 102 Å². The van der Waals surface area contributed by atoms with Gasteiger partial charge in [0.05, 0.1) is 0 Å². The molecule has 166 valence electrons. The number of benzene rings is 3. The van der Waals surface area contributed by atoms with E-state index >= 15 is 0 Å². The average molecular weight is 440 g/mol. The molecule has 3 aromatic rings. The van der Waals surface area contributed by atoms with Gasteiger partial charge >= 0.3 is 11.9 Å². The van der Waals surface area contributed by atoms with Crippen LogP contribution in [0.2, 0.25) is 0 Å². The van der Waals surface area contributed by atoms with Crippen LogP contribution < -0.4 is 14.2 Å². The zero-order chi connectivity index (χ0) is 23.5. The zero-order valence-electron chi connectivity index (χ0n) is 18.6. The van der Waals surface area contributed by atoms with E-state index in [0.29, 0.717) is 52.2 Å². The smallest absolute Gasteiger partial charge is 0.338 e. The Labute approximate surface area is 192 Å². The molecule has 0 fully saturated rings. The van der Waals surface area contributed by atoms with E-state index in [-0.39, 0.29) is 5.57 Å². The second-order valence-corrected chi connectivity index (χ2v) is 7.97. The first-order chi connectivity index (χ1) is 15.8. The lowest BCUT2D eigenvalue weighted by Crippen LogP contribution is -2.17. The summed E-state index contributed by atoms with van der Waals surface area (Å²) in [4.78, 5) is 24.9. The number of allylic oxidation sites excluding steroid dienone is 2. The molecular formula is C28H24O5. The quantitative estimate of drug-likeness (QED) is 0.273. The van der Waals surface area contributed by atoms with E-state index in [2.05, 4.69) is 13.2 Å². The molecule has 5 heteroatoms. The molecular weight excluding hydrogens is 416 g/mol. The zero-order valence-corrected chi connectivity index (χ0v) is 18.6. The Bertz CT molecular complexity index is 1320. The molecule has 0 N–H and O–H groups in total. The van der Waals surface area contributed by atoms with Crippen molar-refractivity contribution < 1.29 is 23.8 Å². The SMILES string of the molecule is C=C(C)C(=O)Oc1c2c(c(OC(=O)C(=C)C)c3ccccc13)CC(Oc1ccccc1)=CC2. The van der Waals surface area contributed by atoms with Crippen molar-refractivity contribution in [2.24, 2.45) is 0 Å². The van der Waals surface area contributed by atoms with Gasteiger partial charge in [-0.25, -0.2) is 9.59 Å². The van der Waals surface area contributed by atoms with Crippen LogP contribution in [0.3, 0.4) is 0 Å². The van der Waals surface area contributed by atoms with E-state index < -0.39 is 11.9 Å². The molecule has 0 saturated heterocycles. The van der Waals surface area contributed by atoms with E-state index in [1.54, 1.807) is 13.8 Å². The van der Waals surface area contributed by atoms with Crippen molar-refractivity contribution in [2.45, 2.75) is 26.7 Å². The molecule has 0 heterocycles. The molecule has 1 aliphatic carbocycles. The van der Waals surface area contributed by atoms with Crippen LogP contribution in [0.5, 0.6) is 17.2 Å². The van der Waals surface area contributed by atoms with Gasteiger partial charge in [0, 0.05) is 39.5 Å². The molecule has 0 saturated carbocycles. The van der Waals surface area contributed by atoms with Gasteiger partial charge in [-0.1, -0.05) is 55.6 Å². The molecule has 0 radical (unpaired) electrons. The molecule has 0 atom stereocenters. The topological polar surface area (TPSA) is 61.8 Å². The van der Waals surface area contributed by atoms with Crippen LogP contribution in [0.4, 0.5) is 0 Å². The number of carbonyl (C=O) groups is 2. The average Bonchev–Trinajstić information content (AvgIpc) is 2.81. The second-order valence-electron chi connectivity index (χ2n) is 7.97. The maximum atomic E-state index is 12.5. The highest BCUT2D eigenvalue weighted by Gasteiger charge is 2.28. The molecule has 0 aromatic heterocycles. The molecule has 5 nitrogen and oxygen atoms in total. The molecule has 3 aromatic carbocycles. The van der Waals surface area contributed by atoms with Crippen molar-refractivity contribution >= 4 is 22.7 Å². The third-order valence-electron chi connectivity index (χ3n) is 5.29. The first-order valence-corrected chi connectivity index (χ1v) is 10.6. The van der Waals surface area contributed by atoms with Gasteiger partial charge in [0.1, 0.15) is 23.0 Å². The number of esters is 2. The summed E-state index contributed by atoms with van der Waals surface area (Å²) in [6.45, 7) is 10.6. The minimum absolute atomic E-state index is 0.290. The number of hydrogen-bond acceptors (Lipinski definition) is 5. The van der Waals surface area contributed by atoms with Gasteiger partial charge in [0.2, 0.25) is 0 Å². The molecule has 33 heavy (non-hydrogen) atoms. The van der Waals surface area contributed by atoms with Gasteiger partial charge in [0.15, 0.2) is 0 Å². The maximum absolute atomic E-state index is 12.5. The Morgan fingerprint density at radius 2 is 1.27 bits per heavy atom. The summed E-state index contributed by atoms with van der Waals surface area (Å²) >= 11 is 0. The monoisotopic (exact) mass is 440 g/mol. The summed E-state index contributed by atoms with van der Waals surface area (Å²) in [5.74, 6) is 1.26. The van der Waals surface area contributed by atoms with Crippen molar-refractivity contribution in [1.82, 2.24) is 0 Å². The minimum atomic E-state index is -0.519. The molecule has 0 amide bonds. The Morgan fingerprint density at radius 3 is 1.82 bits per heavy atom. The molecule has 0 spiro atoms. The van der Waals surface area contributed by atoms with Gasteiger partial charge in [-0.05, 0) is 38.5 Å². The lowest BCUT2D eigenvalue weighted by atomic mass is 9.89. The van der Waals surface area contributed by atoms with Gasteiger partial charge in [-0.3, -0.25) is 0 Å². The number of fused-ring (bicyclic) bond motifs is 2. The van der Waals surface area contributed by atoms with E-state index in [4.69, 9.17) is 14.2 Å². The van der Waals surface area contributed by atoms with E-state index in [1.165, 1.54) is 0 Å². The van der Waals surface area contributed by atoms with Gasteiger partial charge in [-0.2, -0.15) is 0 Å². The molecule has 0 bridgehead atoms. The highest BCUT2D eigenvalue weighted by molar-refractivity contribution is 6.01. The molecule has 0 aliphatic heterocycles. The van der Waals surface area contributed by atoms with E-state index in [0.717, 1.165) is 11.1 Å². The number of para-hydroxylation sites is 1. The highest BCUT2D eigenvalue weighted by Crippen LogP contribution is 2.44. The summed E-state index contributed by atoms with van der Waals surface area (Å²) in [6, 6.07) is 16.8. The van der Waals surface area contributed by atoms with Gasteiger partial charge in [0.25, 0.3) is 0 Å². The van der Waals surface area contributed by atoms with Gasteiger partial charge < -0.3 is 14.2 Å². The lowest BCUT2D eigenvalue weighted by Gasteiger charge is -2.25. The lowest BCUT2D eigenvalue weighted by molar-refractivity contribution is -0.131. The molecule has 1 aliphatic rings. The van der Waals surface area contributed by atoms with E-state index in [9.17, 15) is 9.59 Å². The normalized spacial score (nSPS) is 12.4. The van der Waals surface area contributed by atoms with Crippen LogP contribution in [-0.4, -0.2) is 11.9 Å². The Kier molecular flexibility index (Phi) is 6.13. The summed E-state index contributed by atoms with van der Waals surface area (Å²) in [6.07, 6.45) is 2.76. The van der Waals surface area contributed by atoms with Crippen LogP contribution in [-0.2, 0) is 22.4 Å². The van der Waals surface area contributed by atoms with Crippen molar-refractivity contribution in [3.63, 3.8) is 0 Å². The maximum Gasteiger partial charge on any atom is 0.338 e. The van der Waals surface area contributed by atoms with E-state index in [1.807, 2.05) is 60.7 Å². The van der Waals surface area contributed by atoms with Crippen LogP contribution in [0, 0.1) is 0 Å². The summed E-state index contributed by atoms with van der Waals surface area (Å²) in [5, 5.41) is 1.34. The third-order valence-corrected chi connectivity index (χ3v) is 5.29. The standard InChI is InChI=1S/C28H24O5/c1-17(2)27(29)32-25-21-12-8-9-13-22(21)26(33-28(30)18(3)4)24-16-20(14-15-23(24)25)31-19-10-6-5-7-11-19/h5-14H,1,3,15-16H2,2,4H3. The van der Waals surface area contributed by atoms with Crippen LogP contribution in [0.1, 0.15) is 25.0 Å². The fraction of sp³-hybridized carbons (Fsp3) is 0.143. The summed E-state index contributed by atoms with van der Waals surface area (Å²) in [7, 11) is 0. The molecule has 0 unspecified atom stereocenters. The van der Waals surface area contributed by atoms with Crippen molar-refractivity contribution in [3.8, 4) is 17.2 Å². The fourth-order valence-electron chi connectivity index (χ4n) is 3.65. The summed E-state index contributed by atoms with van der Waals surface area (Å²) < 4.78 is 17.7. The third kappa shape index (κ3) is 4.58. The summed E-state index contributed by atoms with van der Waals surface area (Å²) in [5.41, 5.74) is 2.09. The van der Waals surface area contributed by atoms with Crippen molar-refractivity contribution in [1.29, 1.82) is 0 Å². The first kappa shape index (κ1) is 22.1. The Hall–Kier alpha value is -4.12. The first-order valence-electron chi connectivity index (χ1n) is 10.6. The van der Waals surface area contributed by atoms with Crippen molar-refractivity contribution in [2.75, 3.05) is 0 Å². The fourth-order valence-corrected chi connectivity index (χ4v) is 3.65. The minimum Gasteiger partial charge on any atom is -0.462 e.